The van der Waals surface area contributed by atoms with Crippen LogP contribution in [-0.4, -0.2) is 24.1 Å². The van der Waals surface area contributed by atoms with Crippen LogP contribution in [0.25, 0.3) is 0 Å². The summed E-state index contributed by atoms with van der Waals surface area (Å²) in [6.45, 7) is 2.95. The molecule has 1 aromatic carbocycles. The molecule has 1 saturated heterocycles. The van der Waals surface area contributed by atoms with E-state index in [4.69, 9.17) is 9.47 Å². The van der Waals surface area contributed by atoms with Crippen molar-refractivity contribution in [2.45, 2.75) is 18.3 Å². The van der Waals surface area contributed by atoms with Crippen molar-refractivity contribution in [1.29, 1.82) is 0 Å². The number of ether oxygens (including phenoxy) is 2. The largest absolute Gasteiger partial charge is 0.375 e. The normalized spacial score (nSPS) is 30.2. The van der Waals surface area contributed by atoms with Crippen molar-refractivity contribution in [3.05, 3.63) is 45.0 Å². The number of hydrogen-bond donors (Lipinski definition) is 1. The van der Waals surface area contributed by atoms with Gasteiger partial charge in [0, 0.05) is 3.57 Å². The molecule has 1 atom stereocenters. The van der Waals surface area contributed by atoms with Gasteiger partial charge in [-0.05, 0) is 58.9 Å². The van der Waals surface area contributed by atoms with Gasteiger partial charge in [-0.15, -0.1) is 0 Å². The molecule has 1 fully saturated rings. The minimum absolute atomic E-state index is 0.524. The second-order valence-corrected chi connectivity index (χ2v) is 5.65. The Kier molecular flexibility index (Phi) is 2.59. The lowest BCUT2D eigenvalue weighted by atomic mass is 9.70. The second-order valence-electron chi connectivity index (χ2n) is 4.41. The lowest BCUT2D eigenvalue weighted by Crippen LogP contribution is -2.59. The third kappa shape index (κ3) is 1.44. The number of benzene rings is 1. The second kappa shape index (κ2) is 3.78. The lowest BCUT2D eigenvalue weighted by molar-refractivity contribution is -0.250. The monoisotopic (exact) mass is 344 g/mol. The SMILES string of the molecule is CC1=CC2(OCCO2)C1(O)c1ccc(I)cc1. The molecule has 1 aromatic rings. The van der Waals surface area contributed by atoms with Gasteiger partial charge in [0.2, 0.25) is 5.79 Å². The van der Waals surface area contributed by atoms with E-state index in [0.29, 0.717) is 13.2 Å². The first-order valence-corrected chi connectivity index (χ1v) is 6.63. The summed E-state index contributed by atoms with van der Waals surface area (Å²) in [4.78, 5) is 0. The fourth-order valence-electron chi connectivity index (χ4n) is 2.53. The van der Waals surface area contributed by atoms with Crippen molar-refractivity contribution < 1.29 is 14.6 Å². The van der Waals surface area contributed by atoms with Crippen molar-refractivity contribution in [3.8, 4) is 0 Å². The number of hydrogen-bond acceptors (Lipinski definition) is 3. The van der Waals surface area contributed by atoms with E-state index < -0.39 is 11.4 Å². The maximum absolute atomic E-state index is 10.9. The molecule has 1 heterocycles. The third-order valence-electron chi connectivity index (χ3n) is 3.46. The van der Waals surface area contributed by atoms with E-state index in [2.05, 4.69) is 22.6 Å². The van der Waals surface area contributed by atoms with Gasteiger partial charge in [-0.25, -0.2) is 0 Å². The van der Waals surface area contributed by atoms with Gasteiger partial charge in [-0.1, -0.05) is 12.1 Å². The van der Waals surface area contributed by atoms with Crippen LogP contribution in [0.15, 0.2) is 35.9 Å². The zero-order valence-electron chi connectivity index (χ0n) is 9.44. The standard InChI is InChI=1S/C13H13IO3/c1-9-8-12(16-6-7-17-12)13(9,15)10-2-4-11(14)5-3-10/h2-5,8,15H,6-7H2,1H3. The van der Waals surface area contributed by atoms with E-state index in [-0.39, 0.29) is 0 Å². The Balaban J connectivity index is 2.06. The van der Waals surface area contributed by atoms with Crippen LogP contribution in [0.5, 0.6) is 0 Å². The lowest BCUT2D eigenvalue weighted by Gasteiger charge is -2.49. The van der Waals surface area contributed by atoms with Gasteiger partial charge >= 0.3 is 0 Å². The van der Waals surface area contributed by atoms with Crippen LogP contribution < -0.4 is 0 Å². The van der Waals surface area contributed by atoms with Crippen molar-refractivity contribution in [2.75, 3.05) is 13.2 Å². The summed E-state index contributed by atoms with van der Waals surface area (Å²) in [7, 11) is 0. The summed E-state index contributed by atoms with van der Waals surface area (Å²) in [6, 6.07) is 7.79. The van der Waals surface area contributed by atoms with E-state index in [9.17, 15) is 5.11 Å². The van der Waals surface area contributed by atoms with Gasteiger partial charge < -0.3 is 14.6 Å². The first-order valence-electron chi connectivity index (χ1n) is 5.55. The van der Waals surface area contributed by atoms with Crippen molar-refractivity contribution >= 4 is 22.6 Å². The molecule has 0 aromatic heterocycles. The van der Waals surface area contributed by atoms with Gasteiger partial charge in [0.15, 0.2) is 5.60 Å². The average molecular weight is 344 g/mol. The molecular weight excluding hydrogens is 331 g/mol. The molecule has 90 valence electrons. The molecule has 1 N–H and O–H groups in total. The molecular formula is C13H13IO3. The summed E-state index contributed by atoms with van der Waals surface area (Å²) in [5.41, 5.74) is 0.550. The average Bonchev–Trinajstić information content (AvgIpc) is 2.81. The minimum atomic E-state index is -1.14. The molecule has 1 unspecified atom stereocenters. The quantitative estimate of drug-likeness (QED) is 0.627. The number of aliphatic hydroxyl groups is 1. The van der Waals surface area contributed by atoms with Crippen LogP contribution in [0.1, 0.15) is 12.5 Å². The highest BCUT2D eigenvalue weighted by atomic mass is 127. The summed E-state index contributed by atoms with van der Waals surface area (Å²) in [5.74, 6) is -0.968. The maximum Gasteiger partial charge on any atom is 0.226 e. The first kappa shape index (κ1) is 11.6. The molecule has 1 aliphatic carbocycles. The Bertz CT molecular complexity index is 474. The van der Waals surface area contributed by atoms with Gasteiger partial charge in [0.25, 0.3) is 0 Å². The maximum atomic E-state index is 10.9. The molecule has 3 rings (SSSR count). The molecule has 1 spiro atoms. The van der Waals surface area contributed by atoms with E-state index in [0.717, 1.165) is 14.7 Å². The molecule has 0 bridgehead atoms. The molecule has 0 saturated carbocycles. The van der Waals surface area contributed by atoms with E-state index in [1.807, 2.05) is 37.3 Å². The topological polar surface area (TPSA) is 38.7 Å². The Morgan fingerprint density at radius 1 is 1.18 bits per heavy atom. The van der Waals surface area contributed by atoms with Gasteiger partial charge in [0.05, 0.1) is 13.2 Å². The van der Waals surface area contributed by atoms with Gasteiger partial charge in [-0.2, -0.15) is 0 Å². The van der Waals surface area contributed by atoms with Gasteiger partial charge in [-0.3, -0.25) is 0 Å². The summed E-state index contributed by atoms with van der Waals surface area (Å²) in [6.07, 6.45) is 1.86. The third-order valence-corrected chi connectivity index (χ3v) is 4.18. The molecule has 2 aliphatic rings. The summed E-state index contributed by atoms with van der Waals surface area (Å²) >= 11 is 2.24. The van der Waals surface area contributed by atoms with Gasteiger partial charge in [0.1, 0.15) is 0 Å². The van der Waals surface area contributed by atoms with Crippen LogP contribution in [0.3, 0.4) is 0 Å². The molecule has 0 amide bonds. The first-order chi connectivity index (χ1) is 8.08. The molecule has 0 radical (unpaired) electrons. The summed E-state index contributed by atoms with van der Waals surface area (Å²) < 4.78 is 12.3. The minimum Gasteiger partial charge on any atom is -0.375 e. The highest BCUT2D eigenvalue weighted by Gasteiger charge is 2.62. The van der Waals surface area contributed by atoms with Crippen molar-refractivity contribution in [1.82, 2.24) is 0 Å². The highest BCUT2D eigenvalue weighted by Crippen LogP contribution is 2.53. The van der Waals surface area contributed by atoms with Crippen LogP contribution in [-0.2, 0) is 15.1 Å². The summed E-state index contributed by atoms with van der Waals surface area (Å²) in [5, 5.41) is 10.9. The molecule has 17 heavy (non-hydrogen) atoms. The molecule has 3 nitrogen and oxygen atoms in total. The fourth-order valence-corrected chi connectivity index (χ4v) is 2.89. The zero-order chi connectivity index (χ0) is 12.1. The van der Waals surface area contributed by atoms with Crippen LogP contribution in [0.2, 0.25) is 0 Å². The predicted octanol–water partition coefficient (Wildman–Crippen LogP) is 2.18. The van der Waals surface area contributed by atoms with Crippen LogP contribution in [0, 0.1) is 3.57 Å². The van der Waals surface area contributed by atoms with E-state index in [1.165, 1.54) is 0 Å². The number of halogens is 1. The highest BCUT2D eigenvalue weighted by molar-refractivity contribution is 14.1. The van der Waals surface area contributed by atoms with Crippen molar-refractivity contribution in [2.24, 2.45) is 0 Å². The zero-order valence-corrected chi connectivity index (χ0v) is 11.6. The van der Waals surface area contributed by atoms with Crippen molar-refractivity contribution in [3.63, 3.8) is 0 Å². The predicted molar refractivity (Wildman–Crippen MR) is 71.4 cm³/mol. The van der Waals surface area contributed by atoms with Crippen LogP contribution >= 0.6 is 22.6 Å². The Hall–Kier alpha value is -0.430. The molecule has 1 aliphatic heterocycles. The van der Waals surface area contributed by atoms with Crippen LogP contribution in [0.4, 0.5) is 0 Å². The number of rotatable bonds is 1. The molecule has 4 heteroatoms. The Labute approximate surface area is 114 Å². The Morgan fingerprint density at radius 3 is 2.29 bits per heavy atom. The Morgan fingerprint density at radius 2 is 1.76 bits per heavy atom. The smallest absolute Gasteiger partial charge is 0.226 e. The van der Waals surface area contributed by atoms with E-state index in [1.54, 1.807) is 0 Å². The fraction of sp³-hybridized carbons (Fsp3) is 0.385. The van der Waals surface area contributed by atoms with E-state index >= 15 is 0 Å².